The largest absolute Gasteiger partial charge is 0.497 e. The van der Waals surface area contributed by atoms with Gasteiger partial charge in [0.1, 0.15) is 11.6 Å². The van der Waals surface area contributed by atoms with Crippen molar-refractivity contribution in [1.29, 1.82) is 0 Å². The second-order valence-electron chi connectivity index (χ2n) is 7.84. The molecule has 2 heterocycles. The van der Waals surface area contributed by atoms with E-state index in [1.807, 2.05) is 0 Å². The summed E-state index contributed by atoms with van der Waals surface area (Å²) < 4.78 is 34.3. The Hall–Kier alpha value is -2.91. The first-order valence-corrected chi connectivity index (χ1v) is 11.6. The summed E-state index contributed by atoms with van der Waals surface area (Å²) in [5, 5.41) is 9.47. The molecule has 0 amide bonds. The highest BCUT2D eigenvalue weighted by molar-refractivity contribution is 7.89. The van der Waals surface area contributed by atoms with E-state index in [-0.39, 0.29) is 10.5 Å². The van der Waals surface area contributed by atoms with Gasteiger partial charge in [-0.25, -0.2) is 18.2 Å². The van der Waals surface area contributed by atoms with E-state index in [9.17, 15) is 18.3 Å². The fourth-order valence-corrected chi connectivity index (χ4v) is 6.48. The molecule has 0 spiro atoms. The van der Waals surface area contributed by atoms with Gasteiger partial charge < -0.3 is 14.8 Å². The number of aromatic nitrogens is 2. The summed E-state index contributed by atoms with van der Waals surface area (Å²) in [6.45, 7) is 3.91. The smallest absolute Gasteiger partial charge is 0.337 e. The molecule has 2 N–H and O–H groups in total. The lowest BCUT2D eigenvalue weighted by Crippen LogP contribution is -2.39. The third-order valence-corrected chi connectivity index (χ3v) is 7.99. The molecule has 4 rings (SSSR count). The lowest BCUT2D eigenvalue weighted by Gasteiger charge is -2.34. The second-order valence-corrected chi connectivity index (χ2v) is 9.67. The first kappa shape index (κ1) is 21.3. The number of fused-ring (bicyclic) bond motifs is 1. The van der Waals surface area contributed by atoms with Gasteiger partial charge in [0.25, 0.3) is 0 Å². The van der Waals surface area contributed by atoms with E-state index in [4.69, 9.17) is 4.74 Å². The lowest BCUT2D eigenvalue weighted by atomic mass is 10.0. The fourth-order valence-electron chi connectivity index (χ4n) is 4.40. The molecule has 1 fully saturated rings. The number of H-pyrrole nitrogens is 1. The SMILES string of the molecule is COc1cc(C)c(S(=O)(=O)N2CCCCC2c2nc3cccc(C(=O)O)c3[nH]2)c(C)c1. The average molecular weight is 444 g/mol. The summed E-state index contributed by atoms with van der Waals surface area (Å²) in [6, 6.07) is 7.82. The van der Waals surface area contributed by atoms with Gasteiger partial charge >= 0.3 is 5.97 Å². The molecule has 0 bridgehead atoms. The highest BCUT2D eigenvalue weighted by Crippen LogP contribution is 2.37. The maximum Gasteiger partial charge on any atom is 0.337 e. The van der Waals surface area contributed by atoms with E-state index in [1.165, 1.54) is 10.4 Å². The number of carboxylic acids is 1. The van der Waals surface area contributed by atoms with Crippen LogP contribution in [0, 0.1) is 13.8 Å². The second kappa shape index (κ2) is 7.97. The van der Waals surface area contributed by atoms with Crippen molar-refractivity contribution in [3.05, 3.63) is 52.8 Å². The van der Waals surface area contributed by atoms with Gasteiger partial charge in [0, 0.05) is 6.54 Å². The Kier molecular flexibility index (Phi) is 5.49. The number of aryl methyl sites for hydroxylation is 2. The van der Waals surface area contributed by atoms with Crippen LogP contribution in [0.1, 0.15) is 52.6 Å². The summed E-state index contributed by atoms with van der Waals surface area (Å²) in [7, 11) is -2.26. The van der Waals surface area contributed by atoms with Crippen LogP contribution >= 0.6 is 0 Å². The minimum Gasteiger partial charge on any atom is -0.497 e. The normalized spacial score (nSPS) is 17.7. The standard InChI is InChI=1S/C22H25N3O5S/c1-13-11-15(30-3)12-14(2)20(13)31(28,29)25-10-5-4-9-18(25)21-23-17-8-6-7-16(22(26)27)19(17)24-21/h6-8,11-12,18H,4-5,9-10H2,1-3H3,(H,23,24)(H,26,27). The number of nitrogens with one attached hydrogen (secondary N) is 1. The minimum absolute atomic E-state index is 0.114. The van der Waals surface area contributed by atoms with Crippen LogP contribution in [-0.4, -0.2) is 47.4 Å². The van der Waals surface area contributed by atoms with Gasteiger partial charge in [-0.1, -0.05) is 12.5 Å². The number of imidazole rings is 1. The summed E-state index contributed by atoms with van der Waals surface area (Å²) >= 11 is 0. The lowest BCUT2D eigenvalue weighted by molar-refractivity contribution is 0.0698. The van der Waals surface area contributed by atoms with Crippen molar-refractivity contribution in [3.8, 4) is 5.75 Å². The maximum absolute atomic E-state index is 13.8. The Morgan fingerprint density at radius 2 is 1.94 bits per heavy atom. The number of sulfonamides is 1. The van der Waals surface area contributed by atoms with E-state index < -0.39 is 22.0 Å². The van der Waals surface area contributed by atoms with Crippen LogP contribution in [0.2, 0.25) is 0 Å². The van der Waals surface area contributed by atoms with Crippen molar-refractivity contribution in [2.24, 2.45) is 0 Å². The molecule has 0 radical (unpaired) electrons. The van der Waals surface area contributed by atoms with Gasteiger partial charge in [-0.15, -0.1) is 0 Å². The Bertz CT molecular complexity index is 1240. The molecule has 1 aliphatic rings. The van der Waals surface area contributed by atoms with Crippen LogP contribution in [0.15, 0.2) is 35.2 Å². The number of piperidine rings is 1. The van der Waals surface area contributed by atoms with Crippen LogP contribution < -0.4 is 4.74 Å². The molecule has 1 unspecified atom stereocenters. The highest BCUT2D eigenvalue weighted by Gasteiger charge is 2.37. The van der Waals surface area contributed by atoms with E-state index in [0.717, 1.165) is 12.8 Å². The number of ether oxygens (including phenoxy) is 1. The molecule has 31 heavy (non-hydrogen) atoms. The Morgan fingerprint density at radius 3 is 2.58 bits per heavy atom. The Labute approximate surface area is 180 Å². The molecule has 9 heteroatoms. The molecular weight excluding hydrogens is 418 g/mol. The molecule has 3 aromatic rings. The van der Waals surface area contributed by atoms with Crippen molar-refractivity contribution in [2.75, 3.05) is 13.7 Å². The van der Waals surface area contributed by atoms with Crippen molar-refractivity contribution in [2.45, 2.75) is 44.0 Å². The zero-order valence-electron chi connectivity index (χ0n) is 17.7. The first-order valence-electron chi connectivity index (χ1n) is 10.1. The maximum atomic E-state index is 13.8. The summed E-state index contributed by atoms with van der Waals surface area (Å²) in [5.74, 6) is 0.0248. The number of carbonyl (C=O) groups is 1. The zero-order valence-corrected chi connectivity index (χ0v) is 18.5. The third kappa shape index (κ3) is 3.68. The number of nitrogens with zero attached hydrogens (tertiary/aromatic N) is 2. The number of aromatic amines is 1. The van der Waals surface area contributed by atoms with Crippen LogP contribution in [0.25, 0.3) is 11.0 Å². The topological polar surface area (TPSA) is 113 Å². The summed E-state index contributed by atoms with van der Waals surface area (Å²) in [5.41, 5.74) is 2.28. The molecule has 164 valence electrons. The third-order valence-electron chi connectivity index (χ3n) is 5.77. The summed E-state index contributed by atoms with van der Waals surface area (Å²) in [6.07, 6.45) is 2.22. The van der Waals surface area contributed by atoms with E-state index in [2.05, 4.69) is 9.97 Å². The number of benzene rings is 2. The van der Waals surface area contributed by atoms with Gasteiger partial charge in [0.15, 0.2) is 0 Å². The van der Waals surface area contributed by atoms with Crippen molar-refractivity contribution >= 4 is 27.0 Å². The minimum atomic E-state index is -3.81. The number of hydrogen-bond donors (Lipinski definition) is 2. The highest BCUT2D eigenvalue weighted by atomic mass is 32.2. The molecule has 8 nitrogen and oxygen atoms in total. The summed E-state index contributed by atoms with van der Waals surface area (Å²) in [4.78, 5) is 19.5. The molecule has 0 saturated carbocycles. The molecule has 1 atom stereocenters. The monoisotopic (exact) mass is 443 g/mol. The van der Waals surface area contributed by atoms with Gasteiger partial charge in [0.05, 0.1) is 34.6 Å². The van der Waals surface area contributed by atoms with Crippen molar-refractivity contribution < 1.29 is 23.1 Å². The van der Waals surface area contributed by atoms with Crippen LogP contribution in [0.3, 0.4) is 0 Å². The molecule has 2 aromatic carbocycles. The van der Waals surface area contributed by atoms with Gasteiger partial charge in [-0.2, -0.15) is 4.31 Å². The van der Waals surface area contributed by atoms with Crippen LogP contribution in [0.5, 0.6) is 5.75 Å². The zero-order chi connectivity index (χ0) is 22.3. The van der Waals surface area contributed by atoms with Crippen molar-refractivity contribution in [3.63, 3.8) is 0 Å². The van der Waals surface area contributed by atoms with Gasteiger partial charge in [0.2, 0.25) is 10.0 Å². The van der Waals surface area contributed by atoms with E-state index in [0.29, 0.717) is 46.7 Å². The Balaban J connectivity index is 1.81. The van der Waals surface area contributed by atoms with E-state index >= 15 is 0 Å². The Morgan fingerprint density at radius 1 is 1.23 bits per heavy atom. The number of hydrogen-bond acceptors (Lipinski definition) is 5. The quantitative estimate of drug-likeness (QED) is 0.620. The molecule has 1 aromatic heterocycles. The first-order chi connectivity index (χ1) is 14.7. The molecule has 1 saturated heterocycles. The van der Waals surface area contributed by atoms with Gasteiger partial charge in [-0.3, -0.25) is 0 Å². The molecule has 1 aliphatic heterocycles. The molecule has 0 aliphatic carbocycles. The fraction of sp³-hybridized carbons (Fsp3) is 0.364. The van der Waals surface area contributed by atoms with Gasteiger partial charge in [-0.05, 0) is 62.1 Å². The molecular formula is C22H25N3O5S. The average Bonchev–Trinajstić information content (AvgIpc) is 3.17. The van der Waals surface area contributed by atoms with Crippen LogP contribution in [-0.2, 0) is 10.0 Å². The number of methoxy groups -OCH3 is 1. The number of aromatic carboxylic acids is 1. The predicted molar refractivity (Wildman–Crippen MR) is 116 cm³/mol. The van der Waals surface area contributed by atoms with E-state index in [1.54, 1.807) is 45.2 Å². The van der Waals surface area contributed by atoms with Crippen LogP contribution in [0.4, 0.5) is 0 Å². The number of carboxylic acid groups (broad SMARTS) is 1. The van der Waals surface area contributed by atoms with Crippen molar-refractivity contribution in [1.82, 2.24) is 14.3 Å². The number of rotatable bonds is 5. The predicted octanol–water partition coefficient (Wildman–Crippen LogP) is 3.80. The number of para-hydroxylation sites is 1.